The number of anilines is 1. The number of hydrogen-bond acceptors (Lipinski definition) is 5. The number of benzene rings is 1. The van der Waals surface area contributed by atoms with Crippen LogP contribution in [0.5, 0.6) is 0 Å². The minimum absolute atomic E-state index is 0.196. The number of urea groups is 1. The van der Waals surface area contributed by atoms with Gasteiger partial charge in [0.05, 0.1) is 15.7 Å². The molecule has 0 unspecified atom stereocenters. The maximum atomic E-state index is 12.3. The lowest BCUT2D eigenvalue weighted by Crippen LogP contribution is -2.44. The number of hydrogen-bond donors (Lipinski definition) is 2. The van der Waals surface area contributed by atoms with Crippen LogP contribution in [0.2, 0.25) is 10.0 Å². The van der Waals surface area contributed by atoms with E-state index in [1.807, 2.05) is 0 Å². The average molecular weight is 416 g/mol. The maximum absolute atomic E-state index is 12.3. The SMILES string of the molecule is CC[C@@]1(C)NC(=O)N(CC(=O)O[C@@H](C)C(=O)Nc2c(Cl)cccc2Cl)C1=O. The minimum atomic E-state index is -1.19. The summed E-state index contributed by atoms with van der Waals surface area (Å²) in [6.07, 6.45) is -0.816. The van der Waals surface area contributed by atoms with Crippen LogP contribution in [0.4, 0.5) is 10.5 Å². The van der Waals surface area contributed by atoms with Crippen molar-refractivity contribution in [2.75, 3.05) is 11.9 Å². The van der Waals surface area contributed by atoms with Crippen LogP contribution in [-0.4, -0.2) is 46.9 Å². The normalized spacial score (nSPS) is 20.3. The minimum Gasteiger partial charge on any atom is -0.451 e. The van der Waals surface area contributed by atoms with Gasteiger partial charge in [0.1, 0.15) is 12.1 Å². The van der Waals surface area contributed by atoms with Crippen molar-refractivity contribution in [2.24, 2.45) is 0 Å². The Morgan fingerprint density at radius 3 is 2.41 bits per heavy atom. The van der Waals surface area contributed by atoms with Crippen LogP contribution in [0, 0.1) is 0 Å². The van der Waals surface area contributed by atoms with Crippen LogP contribution in [-0.2, 0) is 19.1 Å². The second-order valence-corrected chi connectivity index (χ2v) is 7.04. The van der Waals surface area contributed by atoms with E-state index in [4.69, 9.17) is 27.9 Å². The van der Waals surface area contributed by atoms with Crippen LogP contribution in [0.15, 0.2) is 18.2 Å². The van der Waals surface area contributed by atoms with Gasteiger partial charge in [-0.05, 0) is 32.4 Å². The van der Waals surface area contributed by atoms with E-state index in [1.54, 1.807) is 32.0 Å². The van der Waals surface area contributed by atoms with E-state index in [0.717, 1.165) is 4.90 Å². The number of halogens is 2. The average Bonchev–Trinajstić information content (AvgIpc) is 2.81. The highest BCUT2D eigenvalue weighted by Gasteiger charge is 2.47. The molecule has 1 aromatic carbocycles. The fourth-order valence-electron chi connectivity index (χ4n) is 2.39. The monoisotopic (exact) mass is 415 g/mol. The topological polar surface area (TPSA) is 105 Å². The van der Waals surface area contributed by atoms with E-state index in [2.05, 4.69) is 10.6 Å². The van der Waals surface area contributed by atoms with E-state index in [9.17, 15) is 19.2 Å². The molecule has 0 radical (unpaired) electrons. The Hall–Kier alpha value is -2.32. The Kier molecular flexibility index (Phi) is 6.33. The Labute approximate surface area is 166 Å². The van der Waals surface area contributed by atoms with E-state index >= 15 is 0 Å². The predicted octanol–water partition coefficient (Wildman–Crippen LogP) is 2.58. The number of esters is 1. The third kappa shape index (κ3) is 4.51. The summed E-state index contributed by atoms with van der Waals surface area (Å²) in [6, 6.07) is 4.03. The molecule has 4 amide bonds. The van der Waals surface area contributed by atoms with Gasteiger partial charge in [0.15, 0.2) is 6.10 Å². The smallest absolute Gasteiger partial charge is 0.327 e. The second kappa shape index (κ2) is 8.14. The van der Waals surface area contributed by atoms with Gasteiger partial charge < -0.3 is 15.4 Å². The Balaban J connectivity index is 1.96. The largest absolute Gasteiger partial charge is 0.451 e. The number of rotatable bonds is 6. The van der Waals surface area contributed by atoms with Crippen molar-refractivity contribution in [1.29, 1.82) is 0 Å². The molecule has 2 N–H and O–H groups in total. The van der Waals surface area contributed by atoms with E-state index < -0.39 is 42.0 Å². The Bertz CT molecular complexity index is 781. The zero-order valence-corrected chi connectivity index (χ0v) is 16.5. The van der Waals surface area contributed by atoms with E-state index in [1.165, 1.54) is 6.92 Å². The maximum Gasteiger partial charge on any atom is 0.327 e. The molecule has 1 aliphatic rings. The third-order valence-corrected chi connectivity index (χ3v) is 4.86. The first kappa shape index (κ1) is 21.0. The van der Waals surface area contributed by atoms with Crippen LogP contribution >= 0.6 is 23.2 Å². The first-order chi connectivity index (χ1) is 12.6. The van der Waals surface area contributed by atoms with Crippen molar-refractivity contribution in [1.82, 2.24) is 10.2 Å². The molecular formula is C17H19Cl2N3O5. The predicted molar refractivity (Wildman–Crippen MR) is 99.6 cm³/mol. The molecule has 0 aliphatic carbocycles. The number of ether oxygens (including phenoxy) is 1. The lowest BCUT2D eigenvalue weighted by molar-refractivity contribution is -0.155. The summed E-state index contributed by atoms with van der Waals surface area (Å²) in [5, 5.41) is 5.46. The molecule has 1 fully saturated rings. The summed E-state index contributed by atoms with van der Waals surface area (Å²) in [4.78, 5) is 49.2. The highest BCUT2D eigenvalue weighted by atomic mass is 35.5. The van der Waals surface area contributed by atoms with Gasteiger partial charge in [-0.25, -0.2) is 4.79 Å². The van der Waals surface area contributed by atoms with Gasteiger partial charge in [0.2, 0.25) is 0 Å². The summed E-state index contributed by atoms with van der Waals surface area (Å²) >= 11 is 11.9. The standard InChI is InChI=1S/C17H19Cl2N3O5/c1-4-17(3)15(25)22(16(26)21-17)8-12(23)27-9(2)14(24)20-13-10(18)6-5-7-11(13)19/h5-7,9H,4,8H2,1-3H3,(H,20,24)(H,21,26)/t9-,17+/m0/s1. The molecule has 10 heteroatoms. The zero-order chi connectivity index (χ0) is 20.4. The van der Waals surface area contributed by atoms with Crippen molar-refractivity contribution in [2.45, 2.75) is 38.8 Å². The lowest BCUT2D eigenvalue weighted by atomic mass is 9.99. The van der Waals surface area contributed by atoms with Gasteiger partial charge in [0, 0.05) is 0 Å². The number of amides is 4. The highest BCUT2D eigenvalue weighted by Crippen LogP contribution is 2.30. The van der Waals surface area contributed by atoms with Crippen LogP contribution < -0.4 is 10.6 Å². The van der Waals surface area contributed by atoms with Crippen molar-refractivity contribution >= 4 is 52.7 Å². The van der Waals surface area contributed by atoms with Crippen LogP contribution in [0.3, 0.4) is 0 Å². The summed E-state index contributed by atoms with van der Waals surface area (Å²) in [5.41, 5.74) is -0.859. The Morgan fingerprint density at radius 2 is 1.89 bits per heavy atom. The number of nitrogens with zero attached hydrogens (tertiary/aromatic N) is 1. The number of carbonyl (C=O) groups is 4. The molecule has 8 nitrogen and oxygen atoms in total. The van der Waals surface area contributed by atoms with Crippen LogP contribution in [0.1, 0.15) is 27.2 Å². The summed E-state index contributed by atoms with van der Waals surface area (Å²) < 4.78 is 5.01. The molecule has 0 aromatic heterocycles. The molecule has 0 saturated carbocycles. The highest BCUT2D eigenvalue weighted by molar-refractivity contribution is 6.39. The molecule has 1 aromatic rings. The number of para-hydroxylation sites is 1. The number of nitrogens with one attached hydrogen (secondary N) is 2. The summed E-state index contributed by atoms with van der Waals surface area (Å²) in [5.74, 6) is -2.08. The van der Waals surface area contributed by atoms with Crippen molar-refractivity contribution in [3.63, 3.8) is 0 Å². The first-order valence-electron chi connectivity index (χ1n) is 8.17. The number of carbonyl (C=O) groups excluding carboxylic acids is 4. The molecule has 0 spiro atoms. The van der Waals surface area contributed by atoms with Gasteiger partial charge in [-0.3, -0.25) is 19.3 Å². The molecule has 1 aliphatic heterocycles. The molecular weight excluding hydrogens is 397 g/mol. The second-order valence-electron chi connectivity index (χ2n) is 6.23. The molecule has 0 bridgehead atoms. The van der Waals surface area contributed by atoms with Crippen molar-refractivity contribution < 1.29 is 23.9 Å². The van der Waals surface area contributed by atoms with Crippen molar-refractivity contribution in [3.8, 4) is 0 Å². The van der Waals surface area contributed by atoms with Gasteiger partial charge in [-0.15, -0.1) is 0 Å². The Morgan fingerprint density at radius 1 is 1.30 bits per heavy atom. The third-order valence-electron chi connectivity index (χ3n) is 4.23. The molecule has 2 atom stereocenters. The molecule has 2 rings (SSSR count). The van der Waals surface area contributed by atoms with Gasteiger partial charge >= 0.3 is 12.0 Å². The molecule has 27 heavy (non-hydrogen) atoms. The molecule has 1 saturated heterocycles. The fraction of sp³-hybridized carbons (Fsp3) is 0.412. The lowest BCUT2D eigenvalue weighted by Gasteiger charge is -2.19. The summed E-state index contributed by atoms with van der Waals surface area (Å²) in [6.45, 7) is 4.07. The van der Waals surface area contributed by atoms with Gasteiger partial charge in [0.25, 0.3) is 11.8 Å². The molecule has 1 heterocycles. The zero-order valence-electron chi connectivity index (χ0n) is 15.0. The van der Waals surface area contributed by atoms with Crippen LogP contribution in [0.25, 0.3) is 0 Å². The van der Waals surface area contributed by atoms with Gasteiger partial charge in [-0.2, -0.15) is 0 Å². The van der Waals surface area contributed by atoms with Crippen molar-refractivity contribution in [3.05, 3.63) is 28.2 Å². The first-order valence-corrected chi connectivity index (χ1v) is 8.93. The fourth-order valence-corrected chi connectivity index (χ4v) is 2.88. The summed E-state index contributed by atoms with van der Waals surface area (Å²) in [7, 11) is 0. The molecule has 146 valence electrons. The van der Waals surface area contributed by atoms with Gasteiger partial charge in [-0.1, -0.05) is 36.2 Å². The number of imide groups is 1. The quantitative estimate of drug-likeness (QED) is 0.548. The van der Waals surface area contributed by atoms with E-state index in [0.29, 0.717) is 6.42 Å². The van der Waals surface area contributed by atoms with E-state index in [-0.39, 0.29) is 15.7 Å².